The van der Waals surface area contributed by atoms with Crippen LogP contribution in [0.5, 0.6) is 0 Å². The number of aromatic nitrogens is 1. The van der Waals surface area contributed by atoms with Gasteiger partial charge in [-0.15, -0.1) is 0 Å². The molecule has 0 unspecified atom stereocenters. The zero-order valence-corrected chi connectivity index (χ0v) is 19.6. The average Bonchev–Trinajstić information content (AvgIpc) is 2.59. The molecule has 5 heteroatoms. The third-order valence-electron chi connectivity index (χ3n) is 6.01. The number of anilines is 1. The molecule has 0 atom stereocenters. The van der Waals surface area contributed by atoms with Gasteiger partial charge in [-0.25, -0.2) is 0 Å². The van der Waals surface area contributed by atoms with E-state index >= 15 is 0 Å². The maximum absolute atomic E-state index is 14.0. The van der Waals surface area contributed by atoms with Gasteiger partial charge in [0.05, 0.1) is 11.3 Å². The minimum atomic E-state index is -2.21. The topological polar surface area (TPSA) is 25.2 Å². The summed E-state index contributed by atoms with van der Waals surface area (Å²) in [5.74, 6) is 0. The summed E-state index contributed by atoms with van der Waals surface area (Å²) in [6.07, 6.45) is 0. The SMILES string of the molecule is CN(C)c1c(-c2ccccc2)c(=O)n([Si](C)(C)C(C)(C)C)c2cc(Cl)ccc12. The number of fused-ring (bicyclic) bond motifs is 1. The summed E-state index contributed by atoms with van der Waals surface area (Å²) in [4.78, 5) is 16.1. The normalized spacial score (nSPS) is 12.4. The van der Waals surface area contributed by atoms with Gasteiger partial charge in [0.2, 0.25) is 0 Å². The second-order valence-electron chi connectivity index (χ2n) is 9.10. The highest BCUT2D eigenvalue weighted by Gasteiger charge is 2.40. The first kappa shape index (κ1) is 20.7. The Hall–Kier alpha value is -2.04. The maximum Gasteiger partial charge on any atom is 0.253 e. The van der Waals surface area contributed by atoms with E-state index in [0.717, 1.165) is 27.7 Å². The first-order valence-electron chi connectivity index (χ1n) is 9.58. The van der Waals surface area contributed by atoms with Gasteiger partial charge in [-0.2, -0.15) is 0 Å². The summed E-state index contributed by atoms with van der Waals surface area (Å²) in [6, 6.07) is 15.9. The lowest BCUT2D eigenvalue weighted by molar-refractivity contribution is 0.699. The van der Waals surface area contributed by atoms with E-state index in [0.29, 0.717) is 5.02 Å². The average molecular weight is 413 g/mol. The minimum Gasteiger partial charge on any atom is -0.376 e. The molecule has 0 aliphatic rings. The molecule has 148 valence electrons. The van der Waals surface area contributed by atoms with Gasteiger partial charge in [-0.3, -0.25) is 4.79 Å². The molecular weight excluding hydrogens is 384 g/mol. The number of hydrogen-bond donors (Lipinski definition) is 0. The molecule has 28 heavy (non-hydrogen) atoms. The lowest BCUT2D eigenvalue weighted by Gasteiger charge is -2.40. The van der Waals surface area contributed by atoms with Crippen molar-refractivity contribution < 1.29 is 0 Å². The van der Waals surface area contributed by atoms with Gasteiger partial charge < -0.3 is 9.13 Å². The fourth-order valence-corrected chi connectivity index (χ4v) is 5.81. The molecule has 0 radical (unpaired) electrons. The van der Waals surface area contributed by atoms with E-state index in [1.807, 2.05) is 67.5 Å². The Morgan fingerprint density at radius 2 is 1.61 bits per heavy atom. The lowest BCUT2D eigenvalue weighted by Crippen LogP contribution is -2.51. The van der Waals surface area contributed by atoms with Crippen LogP contribution in [0, 0.1) is 0 Å². The number of halogens is 1. The van der Waals surface area contributed by atoms with E-state index in [1.165, 1.54) is 0 Å². The summed E-state index contributed by atoms with van der Waals surface area (Å²) in [5.41, 5.74) is 3.63. The standard InChI is InChI=1S/C23H29ClN2OSi/c1-23(2,3)28(6,7)26-19-15-17(24)13-14-18(19)21(25(4)5)20(22(26)27)16-11-9-8-10-12-16/h8-15H,1-7H3. The van der Waals surface area contributed by atoms with E-state index in [9.17, 15) is 4.79 Å². The van der Waals surface area contributed by atoms with Gasteiger partial charge in [0, 0.05) is 30.0 Å². The molecule has 3 rings (SSSR count). The summed E-state index contributed by atoms with van der Waals surface area (Å²) in [7, 11) is 1.78. The van der Waals surface area contributed by atoms with Gasteiger partial charge in [0.1, 0.15) is 0 Å². The van der Waals surface area contributed by atoms with E-state index in [2.05, 4.69) is 38.1 Å². The van der Waals surface area contributed by atoms with Crippen LogP contribution in [0.25, 0.3) is 22.0 Å². The Kier molecular flexibility index (Phi) is 5.24. The van der Waals surface area contributed by atoms with Crippen molar-refractivity contribution in [1.29, 1.82) is 0 Å². The zero-order chi connectivity index (χ0) is 20.9. The molecule has 3 aromatic rings. The monoisotopic (exact) mass is 412 g/mol. The largest absolute Gasteiger partial charge is 0.376 e. The molecule has 2 aromatic carbocycles. The quantitative estimate of drug-likeness (QED) is 0.475. The van der Waals surface area contributed by atoms with Crippen LogP contribution in [0.2, 0.25) is 23.2 Å². The molecule has 0 aliphatic carbocycles. The fourth-order valence-electron chi connectivity index (χ4n) is 3.57. The molecule has 0 fully saturated rings. The van der Waals surface area contributed by atoms with Gasteiger partial charge >= 0.3 is 0 Å². The highest BCUT2D eigenvalue weighted by Crippen LogP contribution is 2.41. The predicted octanol–water partition coefficient (Wildman–Crippen LogP) is 6.24. The van der Waals surface area contributed by atoms with E-state index in [-0.39, 0.29) is 10.6 Å². The van der Waals surface area contributed by atoms with Gasteiger partial charge in [-0.1, -0.05) is 75.8 Å². The molecule has 3 nitrogen and oxygen atoms in total. The third kappa shape index (κ3) is 3.29. The number of nitrogens with zero attached hydrogens (tertiary/aromatic N) is 2. The molecule has 0 saturated carbocycles. The van der Waals surface area contributed by atoms with Crippen LogP contribution in [-0.2, 0) is 0 Å². The fraction of sp³-hybridized carbons (Fsp3) is 0.348. The molecule has 0 saturated heterocycles. The zero-order valence-electron chi connectivity index (χ0n) is 17.8. The van der Waals surface area contributed by atoms with Crippen molar-refractivity contribution in [2.75, 3.05) is 19.0 Å². The number of pyridine rings is 1. The van der Waals surface area contributed by atoms with Crippen LogP contribution in [0.15, 0.2) is 53.3 Å². The minimum absolute atomic E-state index is 0.000332. The Balaban J connectivity index is 2.61. The van der Waals surface area contributed by atoms with Crippen LogP contribution < -0.4 is 10.5 Å². The summed E-state index contributed by atoms with van der Waals surface area (Å²) in [5, 5.41) is 1.70. The maximum atomic E-state index is 14.0. The Labute approximate surface area is 173 Å². The van der Waals surface area contributed by atoms with Crippen molar-refractivity contribution in [3.63, 3.8) is 0 Å². The summed E-state index contributed by atoms with van der Waals surface area (Å²) < 4.78 is 2.07. The van der Waals surface area contributed by atoms with Crippen molar-refractivity contribution in [2.45, 2.75) is 38.9 Å². The summed E-state index contributed by atoms with van der Waals surface area (Å²) in [6.45, 7) is 11.2. The van der Waals surface area contributed by atoms with Crippen molar-refractivity contribution in [1.82, 2.24) is 4.23 Å². The number of hydrogen-bond acceptors (Lipinski definition) is 2. The molecule has 1 heterocycles. The second-order valence-corrected chi connectivity index (χ2v) is 14.6. The third-order valence-corrected chi connectivity index (χ3v) is 11.5. The molecule has 0 amide bonds. The molecular formula is C23H29ClN2OSi. The Bertz CT molecular complexity index is 1080. The lowest BCUT2D eigenvalue weighted by atomic mass is 10.0. The number of rotatable bonds is 3. The Morgan fingerprint density at radius 1 is 1.00 bits per heavy atom. The van der Waals surface area contributed by atoms with Crippen LogP contribution in [0.4, 0.5) is 5.69 Å². The van der Waals surface area contributed by atoms with Crippen molar-refractivity contribution in [3.8, 4) is 11.1 Å². The van der Waals surface area contributed by atoms with Gasteiger partial charge in [0.25, 0.3) is 5.56 Å². The molecule has 0 spiro atoms. The smallest absolute Gasteiger partial charge is 0.253 e. The highest BCUT2D eigenvalue weighted by atomic mass is 35.5. The van der Waals surface area contributed by atoms with Crippen LogP contribution in [-0.4, -0.2) is 26.6 Å². The number of benzene rings is 2. The van der Waals surface area contributed by atoms with Crippen LogP contribution in [0.3, 0.4) is 0 Å². The van der Waals surface area contributed by atoms with E-state index in [4.69, 9.17) is 11.6 Å². The van der Waals surface area contributed by atoms with Crippen LogP contribution in [0.1, 0.15) is 20.8 Å². The van der Waals surface area contributed by atoms with E-state index < -0.39 is 8.24 Å². The van der Waals surface area contributed by atoms with Crippen LogP contribution >= 0.6 is 11.6 Å². The Morgan fingerprint density at radius 3 is 2.14 bits per heavy atom. The van der Waals surface area contributed by atoms with Crippen molar-refractivity contribution >= 4 is 36.4 Å². The molecule has 1 aromatic heterocycles. The molecule has 0 N–H and O–H groups in total. The van der Waals surface area contributed by atoms with Crippen molar-refractivity contribution in [2.24, 2.45) is 0 Å². The first-order valence-corrected chi connectivity index (χ1v) is 12.9. The molecule has 0 bridgehead atoms. The van der Waals surface area contributed by atoms with Crippen molar-refractivity contribution in [3.05, 3.63) is 63.9 Å². The predicted molar refractivity (Wildman–Crippen MR) is 126 cm³/mol. The first-order chi connectivity index (χ1) is 13.0. The van der Waals surface area contributed by atoms with E-state index in [1.54, 1.807) is 0 Å². The molecule has 0 aliphatic heterocycles. The van der Waals surface area contributed by atoms with Gasteiger partial charge in [0.15, 0.2) is 8.24 Å². The van der Waals surface area contributed by atoms with Gasteiger partial charge in [-0.05, 0) is 28.8 Å². The second kappa shape index (κ2) is 7.09. The summed E-state index contributed by atoms with van der Waals surface area (Å²) >= 11 is 6.38. The highest BCUT2D eigenvalue weighted by molar-refractivity contribution is 6.79.